The number of halogens is 1. The number of hydrogen-bond donors (Lipinski definition) is 1. The van der Waals surface area contributed by atoms with Gasteiger partial charge in [0.05, 0.1) is 5.57 Å². The van der Waals surface area contributed by atoms with E-state index < -0.39 is 5.91 Å². The van der Waals surface area contributed by atoms with Crippen molar-refractivity contribution in [3.63, 3.8) is 0 Å². The molecule has 0 fully saturated rings. The molecule has 0 aliphatic carbocycles. The van der Waals surface area contributed by atoms with Crippen molar-refractivity contribution in [3.8, 4) is 5.69 Å². The molecule has 0 radical (unpaired) electrons. The Kier molecular flexibility index (Phi) is 5.09. The highest BCUT2D eigenvalue weighted by Crippen LogP contribution is 2.32. The second-order valence-corrected chi connectivity index (χ2v) is 8.89. The van der Waals surface area contributed by atoms with Gasteiger partial charge in [0, 0.05) is 22.6 Å². The summed E-state index contributed by atoms with van der Waals surface area (Å²) >= 11 is 1.28. The highest BCUT2D eigenvalue weighted by molar-refractivity contribution is 8.27. The number of hydrazone groups is 1. The van der Waals surface area contributed by atoms with E-state index in [1.54, 1.807) is 12.1 Å². The summed E-state index contributed by atoms with van der Waals surface area (Å²) < 4.78 is 15.7. The van der Waals surface area contributed by atoms with Crippen LogP contribution in [0.15, 0.2) is 70.3 Å². The lowest BCUT2D eigenvalue weighted by atomic mass is 10.1. The summed E-state index contributed by atoms with van der Waals surface area (Å²) in [5, 5.41) is 15.7. The summed E-state index contributed by atoms with van der Waals surface area (Å²) in [6, 6.07) is 16.2. The summed E-state index contributed by atoms with van der Waals surface area (Å²) in [5.74, 6) is -0.814. The molecule has 3 aromatic rings. The molecule has 164 valence electrons. The third-order valence-corrected chi connectivity index (χ3v) is 6.51. The molecule has 1 amide bonds. The third-order valence-electron chi connectivity index (χ3n) is 5.56. The standard InChI is InChI=1S/C25H20FN5OS/c1-14-6-4-7-17(10-14)24-29-31-22(27)21(23(32)28-25(31)33-24)12-18-11-15(2)30(16(18)3)20-9-5-8-19(26)13-20/h4-13,27H,1-3H3. The maximum atomic E-state index is 13.8. The van der Waals surface area contributed by atoms with Crippen molar-refractivity contribution in [1.29, 1.82) is 5.41 Å². The van der Waals surface area contributed by atoms with Crippen molar-refractivity contribution in [2.75, 3.05) is 0 Å². The number of amides is 1. The van der Waals surface area contributed by atoms with E-state index in [4.69, 9.17) is 5.41 Å². The Balaban J connectivity index is 1.52. The number of nitrogens with zero attached hydrogens (tertiary/aromatic N) is 4. The number of benzene rings is 2. The lowest BCUT2D eigenvalue weighted by molar-refractivity contribution is -0.114. The van der Waals surface area contributed by atoms with E-state index in [0.29, 0.717) is 15.9 Å². The van der Waals surface area contributed by atoms with Gasteiger partial charge in [-0.15, -0.1) is 0 Å². The molecule has 2 aromatic carbocycles. The number of rotatable bonds is 3. The van der Waals surface area contributed by atoms with Crippen molar-refractivity contribution in [2.45, 2.75) is 20.8 Å². The van der Waals surface area contributed by atoms with Gasteiger partial charge in [-0.3, -0.25) is 10.2 Å². The van der Waals surface area contributed by atoms with Crippen molar-refractivity contribution >= 4 is 39.8 Å². The highest BCUT2D eigenvalue weighted by atomic mass is 32.2. The topological polar surface area (TPSA) is 73.8 Å². The van der Waals surface area contributed by atoms with Gasteiger partial charge in [-0.25, -0.2) is 4.39 Å². The Morgan fingerprint density at radius 3 is 2.61 bits per heavy atom. The molecule has 0 saturated carbocycles. The summed E-state index contributed by atoms with van der Waals surface area (Å²) in [7, 11) is 0. The highest BCUT2D eigenvalue weighted by Gasteiger charge is 2.36. The van der Waals surface area contributed by atoms with Crippen LogP contribution in [0.5, 0.6) is 0 Å². The predicted octanol–water partition coefficient (Wildman–Crippen LogP) is 5.21. The molecular weight excluding hydrogens is 437 g/mol. The molecular formula is C25H20FN5OS. The van der Waals surface area contributed by atoms with Crippen LogP contribution < -0.4 is 0 Å². The van der Waals surface area contributed by atoms with Gasteiger partial charge in [-0.2, -0.15) is 15.1 Å². The number of nitrogens with one attached hydrogen (secondary N) is 1. The van der Waals surface area contributed by atoms with Crippen LogP contribution in [0.1, 0.15) is 28.1 Å². The van der Waals surface area contributed by atoms with Crippen LogP contribution in [-0.2, 0) is 4.79 Å². The zero-order valence-corrected chi connectivity index (χ0v) is 19.1. The normalized spacial score (nSPS) is 16.8. The lowest BCUT2D eigenvalue weighted by Crippen LogP contribution is -2.35. The molecule has 33 heavy (non-hydrogen) atoms. The SMILES string of the molecule is Cc1cccc(C2=NN3C(=N)C(=Cc4cc(C)n(-c5cccc(F)c5)c4C)C(=O)N=C3S2)c1. The summed E-state index contributed by atoms with van der Waals surface area (Å²) in [4.78, 5) is 17.0. The van der Waals surface area contributed by atoms with Gasteiger partial charge in [0.1, 0.15) is 10.9 Å². The van der Waals surface area contributed by atoms with Crippen LogP contribution >= 0.6 is 11.8 Å². The maximum absolute atomic E-state index is 13.8. The number of thioether (sulfide) groups is 1. The quantitative estimate of drug-likeness (QED) is 0.549. The first-order chi connectivity index (χ1) is 15.8. The van der Waals surface area contributed by atoms with Gasteiger partial charge < -0.3 is 4.57 Å². The Morgan fingerprint density at radius 1 is 1.06 bits per heavy atom. The second kappa shape index (κ2) is 7.97. The van der Waals surface area contributed by atoms with E-state index in [1.165, 1.54) is 28.9 Å². The van der Waals surface area contributed by atoms with Crippen LogP contribution in [0, 0.1) is 32.0 Å². The fourth-order valence-electron chi connectivity index (χ4n) is 3.99. The molecule has 1 N–H and O–H groups in total. The van der Waals surface area contributed by atoms with Crippen molar-refractivity contribution in [2.24, 2.45) is 10.1 Å². The molecule has 0 spiro atoms. The van der Waals surface area contributed by atoms with Gasteiger partial charge in [0.15, 0.2) is 5.84 Å². The van der Waals surface area contributed by atoms with Gasteiger partial charge in [0.25, 0.3) is 5.91 Å². The summed E-state index contributed by atoms with van der Waals surface area (Å²) in [6.07, 6.45) is 1.66. The monoisotopic (exact) mass is 457 g/mol. The second-order valence-electron chi connectivity index (χ2n) is 7.94. The van der Waals surface area contributed by atoms with Crippen LogP contribution in [-0.4, -0.2) is 31.5 Å². The summed E-state index contributed by atoms with van der Waals surface area (Å²) in [6.45, 7) is 5.82. The van der Waals surface area contributed by atoms with Crippen LogP contribution in [0.2, 0.25) is 0 Å². The Hall–Kier alpha value is -3.78. The van der Waals surface area contributed by atoms with Gasteiger partial charge in [0.2, 0.25) is 5.17 Å². The zero-order valence-electron chi connectivity index (χ0n) is 18.3. The van der Waals surface area contributed by atoms with E-state index in [-0.39, 0.29) is 17.2 Å². The zero-order chi connectivity index (χ0) is 23.3. The molecule has 1 aromatic heterocycles. The third kappa shape index (κ3) is 3.72. The van der Waals surface area contributed by atoms with Crippen molar-refractivity contribution < 1.29 is 9.18 Å². The first-order valence-corrected chi connectivity index (χ1v) is 11.2. The van der Waals surface area contributed by atoms with Gasteiger partial charge >= 0.3 is 0 Å². The number of amidine groups is 2. The van der Waals surface area contributed by atoms with E-state index in [0.717, 1.165) is 28.1 Å². The number of carbonyl (C=O) groups is 1. The van der Waals surface area contributed by atoms with Gasteiger partial charge in [-0.1, -0.05) is 29.8 Å². The number of aliphatic imine (C=N–C) groups is 1. The Morgan fingerprint density at radius 2 is 1.85 bits per heavy atom. The number of aromatic nitrogens is 1. The van der Waals surface area contributed by atoms with Crippen molar-refractivity contribution in [3.05, 3.63) is 94.1 Å². The van der Waals surface area contributed by atoms with Crippen LogP contribution in [0.25, 0.3) is 11.8 Å². The van der Waals surface area contributed by atoms with Gasteiger partial charge in [-0.05, 0) is 74.5 Å². The molecule has 0 atom stereocenters. The molecule has 5 rings (SSSR count). The number of aryl methyl sites for hydroxylation is 2. The van der Waals surface area contributed by atoms with Crippen molar-refractivity contribution in [1.82, 2.24) is 9.58 Å². The first-order valence-electron chi connectivity index (χ1n) is 10.3. The summed E-state index contributed by atoms with van der Waals surface area (Å²) in [5.41, 5.74) is 5.36. The average molecular weight is 458 g/mol. The molecule has 0 unspecified atom stereocenters. The molecule has 2 aliphatic rings. The number of fused-ring (bicyclic) bond motifs is 1. The fourth-order valence-corrected chi connectivity index (χ4v) is 4.88. The Labute approximate surface area is 194 Å². The molecule has 0 bridgehead atoms. The number of hydrogen-bond acceptors (Lipinski definition) is 4. The van der Waals surface area contributed by atoms with Crippen LogP contribution in [0.3, 0.4) is 0 Å². The van der Waals surface area contributed by atoms with E-state index in [2.05, 4.69) is 10.1 Å². The van der Waals surface area contributed by atoms with E-state index in [9.17, 15) is 9.18 Å². The predicted molar refractivity (Wildman–Crippen MR) is 130 cm³/mol. The molecule has 6 nitrogen and oxygen atoms in total. The smallest absolute Gasteiger partial charge is 0.283 e. The molecule has 8 heteroatoms. The first kappa shape index (κ1) is 21.1. The maximum Gasteiger partial charge on any atom is 0.283 e. The Bertz CT molecular complexity index is 1430. The largest absolute Gasteiger partial charge is 0.318 e. The number of carbonyl (C=O) groups excluding carboxylic acids is 1. The molecule has 3 heterocycles. The lowest BCUT2D eigenvalue weighted by Gasteiger charge is -2.20. The molecule has 0 saturated heterocycles. The van der Waals surface area contributed by atoms with Crippen LogP contribution in [0.4, 0.5) is 4.39 Å². The minimum atomic E-state index is -0.477. The van der Waals surface area contributed by atoms with E-state index in [1.807, 2.05) is 61.7 Å². The molecule has 2 aliphatic heterocycles. The minimum absolute atomic E-state index is 0.0179. The average Bonchev–Trinajstić information content (AvgIpc) is 3.31. The van der Waals surface area contributed by atoms with E-state index >= 15 is 0 Å². The fraction of sp³-hybridized carbons (Fsp3) is 0.120. The minimum Gasteiger partial charge on any atom is -0.318 e.